The summed E-state index contributed by atoms with van der Waals surface area (Å²) in [6.07, 6.45) is 0.700. The van der Waals surface area contributed by atoms with E-state index in [1.54, 1.807) is 24.3 Å². The van der Waals surface area contributed by atoms with Gasteiger partial charge < -0.3 is 10.4 Å². The van der Waals surface area contributed by atoms with Gasteiger partial charge in [0.15, 0.2) is 5.78 Å². The minimum atomic E-state index is -0.0754. The maximum atomic E-state index is 11.5. The van der Waals surface area contributed by atoms with E-state index in [-0.39, 0.29) is 18.3 Å². The second-order valence-corrected chi connectivity index (χ2v) is 4.92. The van der Waals surface area contributed by atoms with Gasteiger partial charge in [0.25, 0.3) is 0 Å². The van der Waals surface area contributed by atoms with Crippen molar-refractivity contribution < 1.29 is 14.7 Å². The van der Waals surface area contributed by atoms with Crippen LogP contribution in [0.4, 0.5) is 5.69 Å². The number of Topliss-reactive ketones (excluding diaryl/α,β-unsaturated/α-hetero) is 1. The highest BCUT2D eigenvalue weighted by atomic mass is 32.2. The highest BCUT2D eigenvalue weighted by molar-refractivity contribution is 7.99. The van der Waals surface area contributed by atoms with Crippen LogP contribution in [0, 0.1) is 0 Å². The first-order valence-electron chi connectivity index (χ1n) is 5.73. The number of rotatable bonds is 7. The Labute approximate surface area is 111 Å². The van der Waals surface area contributed by atoms with Crippen LogP contribution >= 0.6 is 11.8 Å². The summed E-state index contributed by atoms with van der Waals surface area (Å²) in [4.78, 5) is 22.6. The molecular weight excluding hydrogens is 250 g/mol. The SMILES string of the molecule is CC(=O)c1ccc(NC(=O)CSCCCO)cc1. The molecule has 0 aliphatic heterocycles. The normalized spacial score (nSPS) is 10.1. The molecule has 0 atom stereocenters. The largest absolute Gasteiger partial charge is 0.396 e. The first-order valence-corrected chi connectivity index (χ1v) is 6.88. The molecule has 0 aliphatic carbocycles. The van der Waals surface area contributed by atoms with Gasteiger partial charge in [-0.25, -0.2) is 0 Å². The van der Waals surface area contributed by atoms with Gasteiger partial charge in [-0.15, -0.1) is 0 Å². The van der Waals surface area contributed by atoms with Crippen LogP contribution in [0.2, 0.25) is 0 Å². The third-order valence-corrected chi connectivity index (χ3v) is 3.30. The lowest BCUT2D eigenvalue weighted by molar-refractivity contribution is -0.113. The molecule has 1 amide bonds. The molecule has 0 fully saturated rings. The van der Waals surface area contributed by atoms with E-state index in [0.29, 0.717) is 23.4 Å². The molecular formula is C13H17NO3S. The number of amides is 1. The van der Waals surface area contributed by atoms with Crippen molar-refractivity contribution in [3.05, 3.63) is 29.8 Å². The van der Waals surface area contributed by atoms with Crippen molar-refractivity contribution in [3.8, 4) is 0 Å². The third-order valence-electron chi connectivity index (χ3n) is 2.26. The molecule has 1 aromatic carbocycles. The predicted octanol–water partition coefficient (Wildman–Crippen LogP) is 1.94. The Bertz CT molecular complexity index is 403. The Morgan fingerprint density at radius 2 is 1.94 bits per heavy atom. The monoisotopic (exact) mass is 267 g/mol. The third kappa shape index (κ3) is 5.33. The zero-order valence-corrected chi connectivity index (χ0v) is 11.1. The Morgan fingerprint density at radius 3 is 2.50 bits per heavy atom. The molecule has 0 saturated heterocycles. The van der Waals surface area contributed by atoms with Crippen LogP contribution in [0.25, 0.3) is 0 Å². The van der Waals surface area contributed by atoms with E-state index >= 15 is 0 Å². The minimum absolute atomic E-state index is 0.00688. The first-order chi connectivity index (χ1) is 8.63. The second-order valence-electron chi connectivity index (χ2n) is 3.81. The summed E-state index contributed by atoms with van der Waals surface area (Å²) in [5.41, 5.74) is 1.32. The molecule has 1 aromatic rings. The first kappa shape index (κ1) is 14.7. The highest BCUT2D eigenvalue weighted by Gasteiger charge is 2.03. The van der Waals surface area contributed by atoms with E-state index < -0.39 is 0 Å². The Hall–Kier alpha value is -1.33. The lowest BCUT2D eigenvalue weighted by Crippen LogP contribution is -2.14. The smallest absolute Gasteiger partial charge is 0.234 e. The number of ketones is 1. The molecule has 98 valence electrons. The maximum Gasteiger partial charge on any atom is 0.234 e. The van der Waals surface area contributed by atoms with Crippen LogP contribution in [0.3, 0.4) is 0 Å². The lowest BCUT2D eigenvalue weighted by Gasteiger charge is -2.05. The zero-order chi connectivity index (χ0) is 13.4. The fourth-order valence-corrected chi connectivity index (χ4v) is 2.05. The summed E-state index contributed by atoms with van der Waals surface area (Å²) in [6, 6.07) is 6.81. The molecule has 0 spiro atoms. The van der Waals surface area contributed by atoms with E-state index in [1.165, 1.54) is 18.7 Å². The van der Waals surface area contributed by atoms with Crippen LogP contribution in [0.5, 0.6) is 0 Å². The molecule has 5 heteroatoms. The Kier molecular flexibility index (Phi) is 6.46. The van der Waals surface area contributed by atoms with E-state index in [9.17, 15) is 9.59 Å². The van der Waals surface area contributed by atoms with E-state index in [4.69, 9.17) is 5.11 Å². The highest BCUT2D eigenvalue weighted by Crippen LogP contribution is 2.11. The summed E-state index contributed by atoms with van der Waals surface area (Å²) in [5.74, 6) is 1.07. The average molecular weight is 267 g/mol. The standard InChI is InChI=1S/C13H17NO3S/c1-10(16)11-3-5-12(6-4-11)14-13(17)9-18-8-2-7-15/h3-6,15H,2,7-9H2,1H3,(H,14,17). The number of carbonyl (C=O) groups is 2. The quantitative estimate of drug-likeness (QED) is 0.585. The van der Waals surface area contributed by atoms with E-state index in [0.717, 1.165) is 5.75 Å². The number of thioether (sulfide) groups is 1. The van der Waals surface area contributed by atoms with Gasteiger partial charge in [-0.05, 0) is 43.4 Å². The Morgan fingerprint density at radius 1 is 1.28 bits per heavy atom. The molecule has 2 N–H and O–H groups in total. The molecule has 0 aromatic heterocycles. The molecule has 0 saturated carbocycles. The maximum absolute atomic E-state index is 11.5. The molecule has 18 heavy (non-hydrogen) atoms. The minimum Gasteiger partial charge on any atom is -0.396 e. The molecule has 0 radical (unpaired) electrons. The van der Waals surface area contributed by atoms with Gasteiger partial charge in [-0.3, -0.25) is 9.59 Å². The number of aliphatic hydroxyl groups excluding tert-OH is 1. The van der Waals surface area contributed by atoms with Crippen molar-refractivity contribution in [2.24, 2.45) is 0 Å². The number of nitrogens with one attached hydrogen (secondary N) is 1. The van der Waals surface area contributed by atoms with Crippen LogP contribution in [-0.4, -0.2) is 34.9 Å². The van der Waals surface area contributed by atoms with Crippen LogP contribution in [0.1, 0.15) is 23.7 Å². The fourth-order valence-electron chi connectivity index (χ4n) is 1.32. The molecule has 0 heterocycles. The Balaban J connectivity index is 2.37. The van der Waals surface area contributed by atoms with E-state index in [2.05, 4.69) is 5.32 Å². The van der Waals surface area contributed by atoms with Gasteiger partial charge in [0.1, 0.15) is 0 Å². The number of hydrogen-bond acceptors (Lipinski definition) is 4. The second kappa shape index (κ2) is 7.89. The van der Waals surface area contributed by atoms with Crippen LogP contribution in [-0.2, 0) is 4.79 Å². The molecule has 0 unspecified atom stereocenters. The van der Waals surface area contributed by atoms with Crippen molar-refractivity contribution in [1.29, 1.82) is 0 Å². The molecule has 1 rings (SSSR count). The van der Waals surface area contributed by atoms with Crippen molar-refractivity contribution in [3.63, 3.8) is 0 Å². The number of benzene rings is 1. The van der Waals surface area contributed by atoms with Crippen molar-refractivity contribution >= 4 is 29.1 Å². The summed E-state index contributed by atoms with van der Waals surface area (Å²) in [5, 5.41) is 11.3. The molecule has 0 bridgehead atoms. The van der Waals surface area contributed by atoms with Crippen molar-refractivity contribution in [2.45, 2.75) is 13.3 Å². The van der Waals surface area contributed by atoms with Gasteiger partial charge in [0.05, 0.1) is 5.75 Å². The van der Waals surface area contributed by atoms with Gasteiger partial charge in [0.2, 0.25) is 5.91 Å². The molecule has 0 aliphatic rings. The summed E-state index contributed by atoms with van der Waals surface area (Å²) >= 11 is 1.49. The zero-order valence-electron chi connectivity index (χ0n) is 10.3. The fraction of sp³-hybridized carbons (Fsp3) is 0.385. The predicted molar refractivity (Wildman–Crippen MR) is 74.1 cm³/mol. The van der Waals surface area contributed by atoms with Crippen molar-refractivity contribution in [2.75, 3.05) is 23.4 Å². The van der Waals surface area contributed by atoms with Crippen molar-refractivity contribution in [1.82, 2.24) is 0 Å². The van der Waals surface area contributed by atoms with E-state index in [1.807, 2.05) is 0 Å². The average Bonchev–Trinajstić information content (AvgIpc) is 2.35. The number of anilines is 1. The van der Waals surface area contributed by atoms with Gasteiger partial charge in [0, 0.05) is 17.9 Å². The summed E-state index contributed by atoms with van der Waals surface area (Å²) in [6.45, 7) is 1.66. The van der Waals surface area contributed by atoms with Gasteiger partial charge in [-0.1, -0.05) is 0 Å². The molecule has 4 nitrogen and oxygen atoms in total. The summed E-state index contributed by atoms with van der Waals surface area (Å²) in [7, 11) is 0. The number of carbonyl (C=O) groups excluding carboxylic acids is 2. The van der Waals surface area contributed by atoms with Gasteiger partial charge >= 0.3 is 0 Å². The lowest BCUT2D eigenvalue weighted by atomic mass is 10.1. The number of aliphatic hydroxyl groups is 1. The topological polar surface area (TPSA) is 66.4 Å². The number of hydrogen-bond donors (Lipinski definition) is 2. The summed E-state index contributed by atoms with van der Waals surface area (Å²) < 4.78 is 0. The van der Waals surface area contributed by atoms with Gasteiger partial charge in [-0.2, -0.15) is 11.8 Å². The van der Waals surface area contributed by atoms with Crippen LogP contribution < -0.4 is 5.32 Å². The van der Waals surface area contributed by atoms with Crippen LogP contribution in [0.15, 0.2) is 24.3 Å².